The summed E-state index contributed by atoms with van der Waals surface area (Å²) in [7, 11) is -5.52. The summed E-state index contributed by atoms with van der Waals surface area (Å²) in [6.45, 7) is 7.86. The molecular weight excluding hydrogens is 274 g/mol. The third-order valence-corrected chi connectivity index (χ3v) is 8.85. The Bertz CT molecular complexity index is 356. The van der Waals surface area contributed by atoms with Crippen LogP contribution in [0.3, 0.4) is 0 Å². The third kappa shape index (κ3) is 3.44. The highest BCUT2D eigenvalue weighted by Gasteiger charge is 2.48. The van der Waals surface area contributed by atoms with E-state index in [1.165, 1.54) is 0 Å². The lowest BCUT2D eigenvalue weighted by molar-refractivity contribution is 0.221. The molecule has 2 saturated heterocycles. The number of hydrogen-bond acceptors (Lipinski definition) is 4. The standard InChI is InChI=1S/C10H22N2O4P2/c1-3-15-18(14,16-4-2)10-9-17(13,11-5-6-11)12-7-8-12/h3-10H2,1-2H3. The molecule has 6 nitrogen and oxygen atoms in total. The molecule has 2 aliphatic heterocycles. The molecule has 0 spiro atoms. The Morgan fingerprint density at radius 2 is 1.33 bits per heavy atom. The largest absolute Gasteiger partial charge is 0.331 e. The first-order chi connectivity index (χ1) is 8.54. The van der Waals surface area contributed by atoms with Gasteiger partial charge in [0, 0.05) is 32.3 Å². The van der Waals surface area contributed by atoms with Crippen molar-refractivity contribution in [2.24, 2.45) is 0 Å². The highest BCUT2D eigenvalue weighted by atomic mass is 31.2. The average molecular weight is 296 g/mol. The maximum absolute atomic E-state index is 12.8. The summed E-state index contributed by atoms with van der Waals surface area (Å²) in [4.78, 5) is 0. The molecule has 0 bridgehead atoms. The van der Waals surface area contributed by atoms with Crippen molar-refractivity contribution in [3.8, 4) is 0 Å². The van der Waals surface area contributed by atoms with Crippen LogP contribution in [0, 0.1) is 0 Å². The maximum atomic E-state index is 12.8. The Labute approximate surface area is 109 Å². The minimum Gasteiger partial charge on any atom is -0.309 e. The number of nitrogens with zero attached hydrogens (tertiary/aromatic N) is 2. The summed E-state index contributed by atoms with van der Waals surface area (Å²) in [5.41, 5.74) is 0. The quantitative estimate of drug-likeness (QED) is 0.479. The summed E-state index contributed by atoms with van der Waals surface area (Å²) in [5.74, 6) is 0. The van der Waals surface area contributed by atoms with Gasteiger partial charge in [0.1, 0.15) is 0 Å². The van der Waals surface area contributed by atoms with Crippen molar-refractivity contribution < 1.29 is 18.2 Å². The molecule has 106 valence electrons. The van der Waals surface area contributed by atoms with Gasteiger partial charge in [-0.3, -0.25) is 9.13 Å². The van der Waals surface area contributed by atoms with E-state index in [2.05, 4.69) is 0 Å². The minimum atomic E-state index is -3.07. The average Bonchev–Trinajstić information content (AvgIpc) is 3.20. The van der Waals surface area contributed by atoms with E-state index >= 15 is 0 Å². The highest BCUT2D eigenvalue weighted by molar-refractivity contribution is 7.61. The molecule has 18 heavy (non-hydrogen) atoms. The van der Waals surface area contributed by atoms with Crippen LogP contribution in [-0.4, -0.2) is 61.1 Å². The Hall–Kier alpha value is 0.300. The van der Waals surface area contributed by atoms with Crippen molar-refractivity contribution in [3.63, 3.8) is 0 Å². The highest BCUT2D eigenvalue weighted by Crippen LogP contribution is 2.62. The van der Waals surface area contributed by atoms with Crippen LogP contribution in [0.25, 0.3) is 0 Å². The molecule has 0 unspecified atom stereocenters. The summed E-state index contributed by atoms with van der Waals surface area (Å²) in [6.07, 6.45) is 0.656. The van der Waals surface area contributed by atoms with E-state index in [0.29, 0.717) is 19.4 Å². The fourth-order valence-corrected chi connectivity index (χ4v) is 7.48. The SMILES string of the molecule is CCOP(=O)(CCP(=O)(N1CC1)N1CC1)OCC. The van der Waals surface area contributed by atoms with Crippen molar-refractivity contribution in [2.75, 3.05) is 51.7 Å². The second-order valence-corrected chi connectivity index (χ2v) is 9.56. The van der Waals surface area contributed by atoms with Gasteiger partial charge in [-0.15, -0.1) is 0 Å². The van der Waals surface area contributed by atoms with Crippen LogP contribution in [0.2, 0.25) is 0 Å². The Balaban J connectivity index is 1.95. The zero-order chi connectivity index (χ0) is 13.2. The van der Waals surface area contributed by atoms with Gasteiger partial charge in [0.15, 0.2) is 0 Å². The van der Waals surface area contributed by atoms with Gasteiger partial charge in [-0.2, -0.15) is 0 Å². The van der Waals surface area contributed by atoms with Gasteiger partial charge in [0.25, 0.3) is 0 Å². The van der Waals surface area contributed by atoms with Crippen LogP contribution >= 0.6 is 15.0 Å². The molecule has 8 heteroatoms. The van der Waals surface area contributed by atoms with E-state index in [-0.39, 0.29) is 6.16 Å². The van der Waals surface area contributed by atoms with Crippen molar-refractivity contribution in [2.45, 2.75) is 13.8 Å². The Morgan fingerprint density at radius 3 is 1.67 bits per heavy atom. The van der Waals surface area contributed by atoms with Gasteiger partial charge in [0.2, 0.25) is 7.44 Å². The van der Waals surface area contributed by atoms with E-state index < -0.39 is 15.0 Å². The van der Waals surface area contributed by atoms with E-state index in [4.69, 9.17) is 9.05 Å². The Kier molecular flexibility index (Phi) is 4.69. The molecule has 2 aliphatic rings. The van der Waals surface area contributed by atoms with Gasteiger partial charge in [-0.1, -0.05) is 0 Å². The molecule has 2 heterocycles. The minimum absolute atomic E-state index is 0.249. The predicted octanol–water partition coefficient (Wildman–Crippen LogP) is 2.08. The number of rotatable bonds is 9. The molecule has 0 radical (unpaired) electrons. The topological polar surface area (TPSA) is 58.6 Å². The Morgan fingerprint density at radius 1 is 0.889 bits per heavy atom. The molecule has 0 aliphatic carbocycles. The maximum Gasteiger partial charge on any atom is 0.331 e. The summed E-state index contributed by atoms with van der Waals surface area (Å²) >= 11 is 0. The van der Waals surface area contributed by atoms with Crippen LogP contribution < -0.4 is 0 Å². The first kappa shape index (κ1) is 14.7. The lowest BCUT2D eigenvalue weighted by Gasteiger charge is -2.23. The molecule has 0 aromatic rings. The van der Waals surface area contributed by atoms with Crippen LogP contribution in [0.4, 0.5) is 0 Å². The number of hydrogen-bond donors (Lipinski definition) is 0. The third-order valence-electron chi connectivity index (χ3n) is 3.05. The van der Waals surface area contributed by atoms with Crippen molar-refractivity contribution in [1.29, 1.82) is 0 Å². The fourth-order valence-electron chi connectivity index (χ4n) is 1.99. The molecule has 2 rings (SSSR count). The van der Waals surface area contributed by atoms with Gasteiger partial charge in [0.05, 0.1) is 19.4 Å². The molecule has 0 atom stereocenters. The van der Waals surface area contributed by atoms with Gasteiger partial charge in [-0.25, -0.2) is 9.34 Å². The van der Waals surface area contributed by atoms with Crippen molar-refractivity contribution >= 4 is 15.0 Å². The van der Waals surface area contributed by atoms with Gasteiger partial charge in [-0.05, 0) is 13.8 Å². The second-order valence-electron chi connectivity index (χ2n) is 4.47. The monoisotopic (exact) mass is 296 g/mol. The molecule has 0 amide bonds. The first-order valence-corrected chi connectivity index (χ1v) is 10.0. The lowest BCUT2D eigenvalue weighted by Crippen LogP contribution is -2.12. The summed E-state index contributed by atoms with van der Waals surface area (Å²) in [6, 6.07) is 0. The van der Waals surface area contributed by atoms with E-state index in [1.807, 2.05) is 9.34 Å². The van der Waals surface area contributed by atoms with E-state index in [0.717, 1.165) is 26.2 Å². The van der Waals surface area contributed by atoms with Crippen LogP contribution in [-0.2, 0) is 18.2 Å². The van der Waals surface area contributed by atoms with Crippen LogP contribution in [0.15, 0.2) is 0 Å². The second kappa shape index (κ2) is 5.74. The zero-order valence-corrected chi connectivity index (χ0v) is 12.9. The van der Waals surface area contributed by atoms with E-state index in [1.54, 1.807) is 13.8 Å². The molecule has 0 aromatic carbocycles. The molecule has 0 saturated carbocycles. The van der Waals surface area contributed by atoms with Crippen molar-refractivity contribution in [1.82, 2.24) is 9.34 Å². The van der Waals surface area contributed by atoms with E-state index in [9.17, 15) is 9.13 Å². The van der Waals surface area contributed by atoms with Gasteiger partial charge >= 0.3 is 7.60 Å². The van der Waals surface area contributed by atoms with Crippen molar-refractivity contribution in [3.05, 3.63) is 0 Å². The summed E-state index contributed by atoms with van der Waals surface area (Å²) in [5, 5.41) is 0. The lowest BCUT2D eigenvalue weighted by atomic mass is 10.9. The zero-order valence-electron chi connectivity index (χ0n) is 11.1. The van der Waals surface area contributed by atoms with Gasteiger partial charge < -0.3 is 9.05 Å². The molecule has 0 N–H and O–H groups in total. The molecular formula is C10H22N2O4P2. The summed E-state index contributed by atoms with van der Waals surface area (Å²) < 4.78 is 39.6. The fraction of sp³-hybridized carbons (Fsp3) is 1.00. The smallest absolute Gasteiger partial charge is 0.309 e. The first-order valence-electron chi connectivity index (χ1n) is 6.52. The molecule has 2 fully saturated rings. The normalized spacial score (nSPS) is 21.2. The van der Waals surface area contributed by atoms with Crippen LogP contribution in [0.1, 0.15) is 13.8 Å². The molecule has 0 aromatic heterocycles. The van der Waals surface area contributed by atoms with Crippen LogP contribution in [0.5, 0.6) is 0 Å². The predicted molar refractivity (Wildman–Crippen MR) is 71.3 cm³/mol.